The fourth-order valence-electron chi connectivity index (χ4n) is 1.54. The molecule has 1 aromatic carbocycles. The van der Waals surface area contributed by atoms with Gasteiger partial charge in [-0.05, 0) is 31.5 Å². The number of likely N-dealkylation sites (N-methyl/N-ethyl adjacent to an activating group) is 1. The fourth-order valence-corrected chi connectivity index (χ4v) is 2.01. The normalized spacial score (nSPS) is 10.3. The van der Waals surface area contributed by atoms with Gasteiger partial charge in [0.25, 0.3) is 5.91 Å². The maximum absolute atomic E-state index is 11.9. The Labute approximate surface area is 122 Å². The number of carbonyl (C=O) groups is 1. The highest BCUT2D eigenvalue weighted by Gasteiger charge is 2.12. The van der Waals surface area contributed by atoms with Crippen LogP contribution in [0.3, 0.4) is 0 Å². The molecule has 0 saturated carbocycles. The molecule has 0 unspecified atom stereocenters. The van der Waals surface area contributed by atoms with E-state index in [0.29, 0.717) is 35.3 Å². The summed E-state index contributed by atoms with van der Waals surface area (Å²) in [4.78, 5) is 13.5. The molecule has 4 nitrogen and oxygen atoms in total. The fraction of sp³-hybridized carbons (Fsp3) is 0.462. The van der Waals surface area contributed by atoms with Gasteiger partial charge in [-0.1, -0.05) is 23.2 Å². The second kappa shape index (κ2) is 8.25. The van der Waals surface area contributed by atoms with Crippen LogP contribution >= 0.6 is 23.2 Å². The number of rotatable bonds is 7. The van der Waals surface area contributed by atoms with Crippen molar-refractivity contribution in [2.24, 2.45) is 0 Å². The highest BCUT2D eigenvalue weighted by atomic mass is 35.5. The molecular formula is C13H17Cl2NO3. The zero-order valence-corrected chi connectivity index (χ0v) is 12.2. The van der Waals surface area contributed by atoms with Gasteiger partial charge in [-0.15, -0.1) is 0 Å². The van der Waals surface area contributed by atoms with Gasteiger partial charge in [-0.3, -0.25) is 4.79 Å². The van der Waals surface area contributed by atoms with Gasteiger partial charge in [0.05, 0.1) is 5.02 Å². The van der Waals surface area contributed by atoms with E-state index in [-0.39, 0.29) is 19.1 Å². The van der Waals surface area contributed by atoms with Gasteiger partial charge in [0.15, 0.2) is 6.61 Å². The van der Waals surface area contributed by atoms with Gasteiger partial charge in [0.2, 0.25) is 0 Å². The number of aliphatic hydroxyl groups excluding tert-OH is 1. The van der Waals surface area contributed by atoms with Gasteiger partial charge in [0, 0.05) is 24.7 Å². The Morgan fingerprint density at radius 1 is 1.42 bits per heavy atom. The molecule has 1 aromatic rings. The summed E-state index contributed by atoms with van der Waals surface area (Å²) >= 11 is 11.7. The summed E-state index contributed by atoms with van der Waals surface area (Å²) in [7, 11) is 0. The first kappa shape index (κ1) is 16.1. The van der Waals surface area contributed by atoms with Crippen LogP contribution in [-0.4, -0.2) is 42.2 Å². The molecule has 0 spiro atoms. The van der Waals surface area contributed by atoms with Crippen molar-refractivity contribution in [3.8, 4) is 5.75 Å². The maximum atomic E-state index is 11.9. The molecule has 6 heteroatoms. The lowest BCUT2D eigenvalue weighted by Crippen LogP contribution is -2.35. The third-order valence-corrected chi connectivity index (χ3v) is 3.10. The van der Waals surface area contributed by atoms with Crippen molar-refractivity contribution >= 4 is 29.1 Å². The summed E-state index contributed by atoms with van der Waals surface area (Å²) in [6.07, 6.45) is 0.557. The minimum absolute atomic E-state index is 0.0631. The van der Waals surface area contributed by atoms with Crippen LogP contribution in [-0.2, 0) is 4.79 Å². The average Bonchev–Trinajstić information content (AvgIpc) is 2.38. The van der Waals surface area contributed by atoms with E-state index in [9.17, 15) is 4.79 Å². The first-order valence-corrected chi connectivity index (χ1v) is 6.80. The Kier molecular flexibility index (Phi) is 6.99. The van der Waals surface area contributed by atoms with Gasteiger partial charge < -0.3 is 14.7 Å². The Morgan fingerprint density at radius 2 is 2.16 bits per heavy atom. The van der Waals surface area contributed by atoms with Crippen LogP contribution in [0.5, 0.6) is 5.75 Å². The zero-order chi connectivity index (χ0) is 14.3. The molecule has 1 rings (SSSR count). The number of carbonyl (C=O) groups excluding carboxylic acids is 1. The second-order valence-corrected chi connectivity index (χ2v) is 4.76. The van der Waals surface area contributed by atoms with Crippen molar-refractivity contribution in [2.45, 2.75) is 13.3 Å². The Morgan fingerprint density at radius 3 is 2.74 bits per heavy atom. The molecular weight excluding hydrogens is 289 g/mol. The Hall–Kier alpha value is -0.970. The van der Waals surface area contributed by atoms with E-state index >= 15 is 0 Å². The van der Waals surface area contributed by atoms with E-state index in [1.165, 1.54) is 0 Å². The number of hydrogen-bond acceptors (Lipinski definition) is 3. The van der Waals surface area contributed by atoms with Crippen molar-refractivity contribution in [1.82, 2.24) is 4.90 Å². The predicted octanol–water partition coefficient (Wildman–Crippen LogP) is 2.60. The summed E-state index contributed by atoms with van der Waals surface area (Å²) in [5.41, 5.74) is 0. The van der Waals surface area contributed by atoms with Gasteiger partial charge in [-0.25, -0.2) is 0 Å². The third-order valence-electron chi connectivity index (χ3n) is 2.57. The lowest BCUT2D eigenvalue weighted by atomic mass is 10.3. The molecule has 0 atom stereocenters. The molecule has 0 aliphatic carbocycles. The minimum Gasteiger partial charge on any atom is -0.482 e. The number of nitrogens with zero attached hydrogens (tertiary/aromatic N) is 1. The molecule has 19 heavy (non-hydrogen) atoms. The summed E-state index contributed by atoms with van der Waals surface area (Å²) in [5.74, 6) is 0.291. The van der Waals surface area contributed by atoms with E-state index in [1.807, 2.05) is 6.92 Å². The topological polar surface area (TPSA) is 49.8 Å². The van der Waals surface area contributed by atoms with Crippen molar-refractivity contribution in [2.75, 3.05) is 26.3 Å². The lowest BCUT2D eigenvalue weighted by molar-refractivity contribution is -0.133. The van der Waals surface area contributed by atoms with Crippen molar-refractivity contribution in [3.05, 3.63) is 28.2 Å². The van der Waals surface area contributed by atoms with Crippen LogP contribution in [0.4, 0.5) is 0 Å². The number of amides is 1. The predicted molar refractivity (Wildman–Crippen MR) is 75.9 cm³/mol. The van der Waals surface area contributed by atoms with Crippen LogP contribution in [0.15, 0.2) is 18.2 Å². The first-order chi connectivity index (χ1) is 9.08. The number of hydrogen-bond donors (Lipinski definition) is 1. The number of ether oxygens (including phenoxy) is 1. The SMILES string of the molecule is CCN(CCCO)C(=O)COc1ccc(Cl)cc1Cl. The van der Waals surface area contributed by atoms with E-state index in [0.717, 1.165) is 0 Å². The summed E-state index contributed by atoms with van der Waals surface area (Å²) in [6.45, 7) is 2.96. The summed E-state index contributed by atoms with van der Waals surface area (Å²) in [6, 6.07) is 4.84. The molecule has 0 radical (unpaired) electrons. The minimum atomic E-state index is -0.137. The Balaban J connectivity index is 2.52. The molecule has 0 fully saturated rings. The monoisotopic (exact) mass is 305 g/mol. The molecule has 0 aromatic heterocycles. The number of halogens is 2. The molecule has 0 heterocycles. The second-order valence-electron chi connectivity index (χ2n) is 3.91. The van der Waals surface area contributed by atoms with Crippen molar-refractivity contribution in [3.63, 3.8) is 0 Å². The van der Waals surface area contributed by atoms with E-state index in [2.05, 4.69) is 0 Å². The van der Waals surface area contributed by atoms with E-state index in [1.54, 1.807) is 23.1 Å². The summed E-state index contributed by atoms with van der Waals surface area (Å²) in [5, 5.41) is 9.65. The molecule has 0 aliphatic rings. The highest BCUT2D eigenvalue weighted by molar-refractivity contribution is 6.35. The maximum Gasteiger partial charge on any atom is 0.260 e. The van der Waals surface area contributed by atoms with E-state index < -0.39 is 0 Å². The van der Waals surface area contributed by atoms with Crippen LogP contribution in [0, 0.1) is 0 Å². The van der Waals surface area contributed by atoms with Gasteiger partial charge in [0.1, 0.15) is 5.75 Å². The van der Waals surface area contributed by atoms with Crippen LogP contribution in [0.25, 0.3) is 0 Å². The largest absolute Gasteiger partial charge is 0.482 e. The molecule has 1 N–H and O–H groups in total. The standard InChI is InChI=1S/C13H17Cl2NO3/c1-2-16(6-3-7-17)13(18)9-19-12-5-4-10(14)8-11(12)15/h4-5,8,17H,2-3,6-7,9H2,1H3. The van der Waals surface area contributed by atoms with Crippen LogP contribution in [0.1, 0.15) is 13.3 Å². The zero-order valence-electron chi connectivity index (χ0n) is 10.7. The average molecular weight is 306 g/mol. The van der Waals surface area contributed by atoms with Crippen molar-refractivity contribution < 1.29 is 14.6 Å². The quantitative estimate of drug-likeness (QED) is 0.842. The molecule has 0 bridgehead atoms. The lowest BCUT2D eigenvalue weighted by Gasteiger charge is -2.20. The summed E-state index contributed by atoms with van der Waals surface area (Å²) < 4.78 is 5.37. The molecule has 1 amide bonds. The smallest absolute Gasteiger partial charge is 0.260 e. The first-order valence-electron chi connectivity index (χ1n) is 6.05. The van der Waals surface area contributed by atoms with Crippen LogP contribution < -0.4 is 4.74 Å². The van der Waals surface area contributed by atoms with E-state index in [4.69, 9.17) is 33.0 Å². The van der Waals surface area contributed by atoms with Gasteiger partial charge >= 0.3 is 0 Å². The van der Waals surface area contributed by atoms with Gasteiger partial charge in [-0.2, -0.15) is 0 Å². The van der Waals surface area contributed by atoms with Crippen LogP contribution in [0.2, 0.25) is 10.0 Å². The molecule has 0 saturated heterocycles. The Bertz CT molecular complexity index is 426. The van der Waals surface area contributed by atoms with Crippen molar-refractivity contribution in [1.29, 1.82) is 0 Å². The molecule has 0 aliphatic heterocycles. The third kappa shape index (κ3) is 5.27. The number of aliphatic hydroxyl groups is 1. The number of benzene rings is 1. The molecule has 106 valence electrons. The highest BCUT2D eigenvalue weighted by Crippen LogP contribution is 2.27.